The molecular formula is C10H19NO3S. The second-order valence-corrected chi connectivity index (χ2v) is 5.90. The molecular weight excluding hydrogens is 214 g/mol. The van der Waals surface area contributed by atoms with E-state index in [9.17, 15) is 8.42 Å². The van der Waals surface area contributed by atoms with E-state index in [1.54, 1.807) is 14.0 Å². The summed E-state index contributed by atoms with van der Waals surface area (Å²) in [6, 6.07) is 0. The molecule has 0 fully saturated rings. The van der Waals surface area contributed by atoms with Crippen molar-refractivity contribution in [1.29, 1.82) is 0 Å². The van der Waals surface area contributed by atoms with Crippen molar-refractivity contribution in [2.45, 2.75) is 18.6 Å². The lowest BCUT2D eigenvalue weighted by atomic mass is 10.4. The summed E-state index contributed by atoms with van der Waals surface area (Å²) in [4.78, 5) is 0. The fourth-order valence-electron chi connectivity index (χ4n) is 1.08. The van der Waals surface area contributed by atoms with E-state index in [0.29, 0.717) is 26.1 Å². The van der Waals surface area contributed by atoms with Gasteiger partial charge in [-0.3, -0.25) is 0 Å². The van der Waals surface area contributed by atoms with Gasteiger partial charge in [0.2, 0.25) is 0 Å². The van der Waals surface area contributed by atoms with Crippen molar-refractivity contribution in [3.63, 3.8) is 0 Å². The maximum absolute atomic E-state index is 11.7. The number of hydrogen-bond donors (Lipinski definition) is 1. The van der Waals surface area contributed by atoms with Crippen LogP contribution in [0.1, 0.15) is 13.3 Å². The zero-order valence-corrected chi connectivity index (χ0v) is 10.1. The highest BCUT2D eigenvalue weighted by Gasteiger charge is 2.19. The van der Waals surface area contributed by atoms with Crippen LogP contribution in [-0.4, -0.2) is 46.2 Å². The third kappa shape index (κ3) is 6.50. The normalized spacial score (nSPS) is 13.4. The molecule has 1 atom stereocenters. The van der Waals surface area contributed by atoms with Crippen molar-refractivity contribution in [3.05, 3.63) is 0 Å². The van der Waals surface area contributed by atoms with Gasteiger partial charge in [-0.25, -0.2) is 8.42 Å². The molecule has 5 heteroatoms. The van der Waals surface area contributed by atoms with E-state index in [0.717, 1.165) is 0 Å². The van der Waals surface area contributed by atoms with Crippen LogP contribution in [0, 0.1) is 12.3 Å². The Morgan fingerprint density at radius 3 is 2.73 bits per heavy atom. The number of methoxy groups -OCH3 is 1. The molecule has 0 saturated carbocycles. The zero-order valence-electron chi connectivity index (χ0n) is 9.32. The van der Waals surface area contributed by atoms with Gasteiger partial charge in [-0.1, -0.05) is 5.92 Å². The highest BCUT2D eigenvalue weighted by molar-refractivity contribution is 7.92. The van der Waals surface area contributed by atoms with Crippen LogP contribution in [0.15, 0.2) is 0 Å². The number of hydrogen-bond acceptors (Lipinski definition) is 4. The maximum Gasteiger partial charge on any atom is 0.154 e. The Balaban J connectivity index is 3.93. The van der Waals surface area contributed by atoms with Crippen LogP contribution in [0.2, 0.25) is 0 Å². The van der Waals surface area contributed by atoms with Crippen molar-refractivity contribution in [2.75, 3.05) is 32.6 Å². The third-order valence-corrected chi connectivity index (χ3v) is 4.30. The van der Waals surface area contributed by atoms with Gasteiger partial charge in [0.1, 0.15) is 0 Å². The minimum Gasteiger partial charge on any atom is -0.385 e. The Morgan fingerprint density at radius 1 is 1.53 bits per heavy atom. The van der Waals surface area contributed by atoms with Crippen LogP contribution in [0.25, 0.3) is 0 Å². The Bertz CT molecular complexity index is 292. The highest BCUT2D eigenvalue weighted by atomic mass is 32.2. The lowest BCUT2D eigenvalue weighted by Crippen LogP contribution is -2.33. The Labute approximate surface area is 92.3 Å². The summed E-state index contributed by atoms with van der Waals surface area (Å²) >= 11 is 0. The number of rotatable bonds is 8. The second kappa shape index (κ2) is 7.69. The molecule has 1 unspecified atom stereocenters. The van der Waals surface area contributed by atoms with E-state index in [-0.39, 0.29) is 5.75 Å². The predicted molar refractivity (Wildman–Crippen MR) is 61.4 cm³/mol. The van der Waals surface area contributed by atoms with E-state index < -0.39 is 15.1 Å². The monoisotopic (exact) mass is 233 g/mol. The molecule has 0 saturated heterocycles. The molecule has 1 N–H and O–H groups in total. The topological polar surface area (TPSA) is 55.4 Å². The van der Waals surface area contributed by atoms with E-state index in [2.05, 4.69) is 11.2 Å². The SMILES string of the molecule is C#CCNCC(C)S(=O)(=O)CCCOC. The maximum atomic E-state index is 11.7. The first-order valence-electron chi connectivity index (χ1n) is 4.89. The number of terminal acetylenes is 1. The Morgan fingerprint density at radius 2 is 2.20 bits per heavy atom. The largest absolute Gasteiger partial charge is 0.385 e. The van der Waals surface area contributed by atoms with Crippen LogP contribution in [0.4, 0.5) is 0 Å². The van der Waals surface area contributed by atoms with E-state index in [1.165, 1.54) is 0 Å². The molecule has 0 radical (unpaired) electrons. The summed E-state index contributed by atoms with van der Waals surface area (Å²) in [5.74, 6) is 2.57. The molecule has 4 nitrogen and oxygen atoms in total. The minimum atomic E-state index is -3.02. The van der Waals surface area contributed by atoms with Gasteiger partial charge in [0, 0.05) is 20.3 Å². The average molecular weight is 233 g/mol. The Kier molecular flexibility index (Phi) is 7.39. The summed E-state index contributed by atoms with van der Waals surface area (Å²) in [7, 11) is -1.46. The summed E-state index contributed by atoms with van der Waals surface area (Å²) in [5, 5.41) is 2.48. The van der Waals surface area contributed by atoms with E-state index in [4.69, 9.17) is 11.2 Å². The second-order valence-electron chi connectivity index (χ2n) is 3.36. The fourth-order valence-corrected chi connectivity index (χ4v) is 2.37. The van der Waals surface area contributed by atoms with Crippen LogP contribution in [0.5, 0.6) is 0 Å². The molecule has 0 heterocycles. The third-order valence-electron chi connectivity index (χ3n) is 2.05. The molecule has 0 aromatic heterocycles. The first-order chi connectivity index (χ1) is 7.04. The average Bonchev–Trinajstić information content (AvgIpc) is 2.18. The van der Waals surface area contributed by atoms with Crippen LogP contribution >= 0.6 is 0 Å². The van der Waals surface area contributed by atoms with Crippen LogP contribution < -0.4 is 5.32 Å². The van der Waals surface area contributed by atoms with E-state index in [1.807, 2.05) is 0 Å². The molecule has 0 amide bonds. The first kappa shape index (κ1) is 14.4. The molecule has 0 aliphatic rings. The fraction of sp³-hybridized carbons (Fsp3) is 0.800. The van der Waals surface area contributed by atoms with Gasteiger partial charge in [-0.2, -0.15) is 0 Å². The molecule has 0 aliphatic heterocycles. The van der Waals surface area contributed by atoms with Crippen LogP contribution in [0.3, 0.4) is 0 Å². The smallest absolute Gasteiger partial charge is 0.154 e. The molecule has 0 aliphatic carbocycles. The molecule has 0 aromatic carbocycles. The Hall–Kier alpha value is -0.570. The number of ether oxygens (including phenoxy) is 1. The lowest BCUT2D eigenvalue weighted by molar-refractivity contribution is 0.199. The zero-order chi connectivity index (χ0) is 11.7. The standard InChI is InChI=1S/C10H19NO3S/c1-4-6-11-9-10(2)15(12,13)8-5-7-14-3/h1,10-11H,5-9H2,2-3H3. The summed E-state index contributed by atoms with van der Waals surface area (Å²) < 4.78 is 28.1. The number of sulfone groups is 1. The number of nitrogens with one attached hydrogen (secondary N) is 1. The first-order valence-corrected chi connectivity index (χ1v) is 6.60. The van der Waals surface area contributed by atoms with Gasteiger partial charge < -0.3 is 10.1 Å². The van der Waals surface area contributed by atoms with E-state index >= 15 is 0 Å². The van der Waals surface area contributed by atoms with Gasteiger partial charge in [-0.15, -0.1) is 6.42 Å². The van der Waals surface area contributed by atoms with Crippen molar-refractivity contribution in [3.8, 4) is 12.3 Å². The molecule has 0 aromatic rings. The molecule has 0 spiro atoms. The summed E-state index contributed by atoms with van der Waals surface area (Å²) in [6.45, 7) is 2.97. The van der Waals surface area contributed by atoms with Gasteiger partial charge in [0.25, 0.3) is 0 Å². The summed E-state index contributed by atoms with van der Waals surface area (Å²) in [6.07, 6.45) is 5.58. The molecule has 15 heavy (non-hydrogen) atoms. The van der Waals surface area contributed by atoms with Gasteiger partial charge in [0.15, 0.2) is 9.84 Å². The van der Waals surface area contributed by atoms with Crippen molar-refractivity contribution >= 4 is 9.84 Å². The molecule has 0 rings (SSSR count). The van der Waals surface area contributed by atoms with Crippen molar-refractivity contribution in [1.82, 2.24) is 5.32 Å². The predicted octanol–water partition coefficient (Wildman–Crippen LogP) is 0.0490. The quantitative estimate of drug-likeness (QED) is 0.475. The minimum absolute atomic E-state index is 0.166. The van der Waals surface area contributed by atoms with Crippen molar-refractivity contribution < 1.29 is 13.2 Å². The highest BCUT2D eigenvalue weighted by Crippen LogP contribution is 2.02. The lowest BCUT2D eigenvalue weighted by Gasteiger charge is -2.12. The van der Waals surface area contributed by atoms with Gasteiger partial charge in [0.05, 0.1) is 17.5 Å². The van der Waals surface area contributed by atoms with Crippen molar-refractivity contribution in [2.24, 2.45) is 0 Å². The molecule has 0 bridgehead atoms. The van der Waals surface area contributed by atoms with Crippen LogP contribution in [-0.2, 0) is 14.6 Å². The van der Waals surface area contributed by atoms with Gasteiger partial charge >= 0.3 is 0 Å². The molecule has 88 valence electrons. The van der Waals surface area contributed by atoms with Gasteiger partial charge in [-0.05, 0) is 13.3 Å². The summed E-state index contributed by atoms with van der Waals surface area (Å²) in [5.41, 5.74) is 0.